The average Bonchev–Trinajstić information content (AvgIpc) is 2.38. The van der Waals surface area contributed by atoms with Crippen molar-refractivity contribution in [3.63, 3.8) is 0 Å². The van der Waals surface area contributed by atoms with E-state index in [9.17, 15) is 9.59 Å². The molecule has 1 aromatic carbocycles. The fraction of sp³-hybridized carbons (Fsp3) is 0.333. The van der Waals surface area contributed by atoms with Gasteiger partial charge in [-0.15, -0.1) is 0 Å². The molecule has 1 heterocycles. The summed E-state index contributed by atoms with van der Waals surface area (Å²) in [5.74, 6) is -0.216. The van der Waals surface area contributed by atoms with Crippen LogP contribution in [0.1, 0.15) is 15.9 Å². The van der Waals surface area contributed by atoms with Crippen LogP contribution in [0, 0.1) is 0 Å². The predicted octanol–water partition coefficient (Wildman–Crippen LogP) is -0.283. The van der Waals surface area contributed by atoms with E-state index in [1.807, 2.05) is 12.1 Å². The van der Waals surface area contributed by atoms with Crippen molar-refractivity contribution in [1.29, 1.82) is 0 Å². The molecule has 5 heteroatoms. The highest BCUT2D eigenvalue weighted by atomic mass is 16.2. The zero-order valence-electron chi connectivity index (χ0n) is 9.48. The first kappa shape index (κ1) is 11.6. The van der Waals surface area contributed by atoms with Crippen LogP contribution in [0.2, 0.25) is 0 Å². The number of hydrogen-bond donors (Lipinski definition) is 2. The van der Waals surface area contributed by atoms with E-state index in [4.69, 9.17) is 5.73 Å². The number of carbonyl (C=O) groups excluding carboxylic acids is 2. The minimum Gasteiger partial charge on any atom is -0.353 e. The monoisotopic (exact) mass is 233 g/mol. The fourth-order valence-corrected chi connectivity index (χ4v) is 1.78. The number of hydrogen-bond acceptors (Lipinski definition) is 3. The second kappa shape index (κ2) is 4.97. The Hall–Kier alpha value is -1.88. The van der Waals surface area contributed by atoms with Crippen LogP contribution < -0.4 is 11.1 Å². The molecule has 0 aliphatic carbocycles. The van der Waals surface area contributed by atoms with Crippen molar-refractivity contribution in [2.45, 2.75) is 6.54 Å². The fourth-order valence-electron chi connectivity index (χ4n) is 1.78. The summed E-state index contributed by atoms with van der Waals surface area (Å²) in [6, 6.07) is 7.16. The second-order valence-corrected chi connectivity index (χ2v) is 3.98. The van der Waals surface area contributed by atoms with Gasteiger partial charge in [0.25, 0.3) is 5.91 Å². The predicted molar refractivity (Wildman–Crippen MR) is 63.2 cm³/mol. The summed E-state index contributed by atoms with van der Waals surface area (Å²) in [6.07, 6.45) is 0. The Labute approximate surface area is 99.6 Å². The molecule has 1 aliphatic heterocycles. The minimum absolute atomic E-state index is 0.108. The van der Waals surface area contributed by atoms with Gasteiger partial charge in [0.1, 0.15) is 0 Å². The van der Waals surface area contributed by atoms with Gasteiger partial charge >= 0.3 is 0 Å². The molecule has 2 amide bonds. The van der Waals surface area contributed by atoms with Gasteiger partial charge < -0.3 is 16.0 Å². The van der Waals surface area contributed by atoms with Gasteiger partial charge in [0.2, 0.25) is 5.91 Å². The number of rotatable bonds is 2. The van der Waals surface area contributed by atoms with Gasteiger partial charge in [-0.25, -0.2) is 0 Å². The van der Waals surface area contributed by atoms with Crippen molar-refractivity contribution < 1.29 is 9.59 Å². The van der Waals surface area contributed by atoms with Gasteiger partial charge in [-0.1, -0.05) is 12.1 Å². The maximum absolute atomic E-state index is 12.1. The summed E-state index contributed by atoms with van der Waals surface area (Å²) >= 11 is 0. The first-order valence-corrected chi connectivity index (χ1v) is 5.55. The van der Waals surface area contributed by atoms with E-state index in [2.05, 4.69) is 5.32 Å². The van der Waals surface area contributed by atoms with Gasteiger partial charge in [-0.05, 0) is 17.7 Å². The zero-order valence-corrected chi connectivity index (χ0v) is 9.48. The summed E-state index contributed by atoms with van der Waals surface area (Å²) < 4.78 is 0. The number of amides is 2. The van der Waals surface area contributed by atoms with E-state index >= 15 is 0 Å². The van der Waals surface area contributed by atoms with Crippen molar-refractivity contribution in [2.24, 2.45) is 5.73 Å². The smallest absolute Gasteiger partial charge is 0.254 e. The van der Waals surface area contributed by atoms with Crippen molar-refractivity contribution in [3.05, 3.63) is 35.4 Å². The first-order chi connectivity index (χ1) is 8.20. The Balaban J connectivity index is 2.10. The van der Waals surface area contributed by atoms with Crippen LogP contribution in [0.15, 0.2) is 24.3 Å². The highest BCUT2D eigenvalue weighted by Crippen LogP contribution is 2.08. The van der Waals surface area contributed by atoms with Crippen molar-refractivity contribution in [3.8, 4) is 0 Å². The molecule has 90 valence electrons. The summed E-state index contributed by atoms with van der Waals surface area (Å²) in [5, 5.41) is 2.69. The third-order valence-electron chi connectivity index (χ3n) is 2.76. The van der Waals surface area contributed by atoms with Crippen molar-refractivity contribution in [2.75, 3.05) is 19.6 Å². The van der Waals surface area contributed by atoms with Crippen LogP contribution in [0.4, 0.5) is 0 Å². The Bertz CT molecular complexity index is 428. The second-order valence-electron chi connectivity index (χ2n) is 3.98. The van der Waals surface area contributed by atoms with Gasteiger partial charge in [-0.3, -0.25) is 9.59 Å². The molecule has 3 N–H and O–H groups in total. The van der Waals surface area contributed by atoms with Gasteiger partial charge in [0.15, 0.2) is 0 Å². The number of carbonyl (C=O) groups is 2. The molecule has 5 nitrogen and oxygen atoms in total. The standard InChI is InChI=1S/C12H15N3O2/c13-7-9-1-3-10(4-2-9)12(17)15-6-5-14-11(16)8-15/h1-4H,5-8,13H2,(H,14,16). The van der Waals surface area contributed by atoms with Crippen LogP contribution in [-0.4, -0.2) is 36.3 Å². The Morgan fingerprint density at radius 1 is 1.35 bits per heavy atom. The minimum atomic E-state index is -0.108. The lowest BCUT2D eigenvalue weighted by Crippen LogP contribution is -2.49. The third kappa shape index (κ3) is 2.62. The van der Waals surface area contributed by atoms with Crippen LogP contribution >= 0.6 is 0 Å². The topological polar surface area (TPSA) is 75.4 Å². The molecule has 0 radical (unpaired) electrons. The molecule has 0 aromatic heterocycles. The molecule has 0 saturated carbocycles. The van der Waals surface area contributed by atoms with Gasteiger partial charge in [-0.2, -0.15) is 0 Å². The molecule has 0 atom stereocenters. The van der Waals surface area contributed by atoms with E-state index in [0.29, 0.717) is 25.2 Å². The molecule has 2 rings (SSSR count). The maximum Gasteiger partial charge on any atom is 0.254 e. The number of nitrogens with two attached hydrogens (primary N) is 1. The first-order valence-electron chi connectivity index (χ1n) is 5.55. The molecule has 0 bridgehead atoms. The number of benzene rings is 1. The van der Waals surface area contributed by atoms with Crippen LogP contribution in [0.25, 0.3) is 0 Å². The molecule has 1 fully saturated rings. The molecule has 1 saturated heterocycles. The van der Waals surface area contributed by atoms with E-state index in [0.717, 1.165) is 5.56 Å². The average molecular weight is 233 g/mol. The number of nitrogens with zero attached hydrogens (tertiary/aromatic N) is 1. The third-order valence-corrected chi connectivity index (χ3v) is 2.76. The summed E-state index contributed by atoms with van der Waals surface area (Å²) in [4.78, 5) is 24.8. The zero-order chi connectivity index (χ0) is 12.3. The highest BCUT2D eigenvalue weighted by Gasteiger charge is 2.21. The highest BCUT2D eigenvalue weighted by molar-refractivity contribution is 5.97. The maximum atomic E-state index is 12.1. The van der Waals surface area contributed by atoms with E-state index in [1.165, 1.54) is 0 Å². The normalized spacial score (nSPS) is 15.6. The van der Waals surface area contributed by atoms with E-state index in [1.54, 1.807) is 17.0 Å². The number of piperazine rings is 1. The SMILES string of the molecule is NCc1ccc(C(=O)N2CCNC(=O)C2)cc1. The van der Waals surface area contributed by atoms with Crippen LogP contribution in [0.5, 0.6) is 0 Å². The Kier molecular flexibility index (Phi) is 3.39. The summed E-state index contributed by atoms with van der Waals surface area (Å²) in [7, 11) is 0. The lowest BCUT2D eigenvalue weighted by atomic mass is 10.1. The lowest BCUT2D eigenvalue weighted by Gasteiger charge is -2.26. The molecule has 1 aliphatic rings. The molecule has 1 aromatic rings. The van der Waals surface area contributed by atoms with Crippen molar-refractivity contribution in [1.82, 2.24) is 10.2 Å². The Morgan fingerprint density at radius 3 is 2.65 bits per heavy atom. The van der Waals surface area contributed by atoms with Crippen molar-refractivity contribution >= 4 is 11.8 Å². The van der Waals surface area contributed by atoms with Crippen LogP contribution in [-0.2, 0) is 11.3 Å². The van der Waals surface area contributed by atoms with E-state index < -0.39 is 0 Å². The lowest BCUT2D eigenvalue weighted by molar-refractivity contribution is -0.123. The molecular formula is C12H15N3O2. The molecule has 0 spiro atoms. The summed E-state index contributed by atoms with van der Waals surface area (Å²) in [6.45, 7) is 1.67. The molecular weight excluding hydrogens is 218 g/mol. The molecule has 17 heavy (non-hydrogen) atoms. The van der Waals surface area contributed by atoms with E-state index in [-0.39, 0.29) is 18.4 Å². The van der Waals surface area contributed by atoms with Gasteiger partial charge in [0.05, 0.1) is 6.54 Å². The quantitative estimate of drug-likeness (QED) is 0.737. The van der Waals surface area contributed by atoms with Crippen LogP contribution in [0.3, 0.4) is 0 Å². The summed E-state index contributed by atoms with van der Waals surface area (Å²) in [5.41, 5.74) is 7.07. The van der Waals surface area contributed by atoms with Gasteiger partial charge in [0, 0.05) is 25.2 Å². The molecule has 0 unspecified atom stereocenters. The number of nitrogens with one attached hydrogen (secondary N) is 1. The largest absolute Gasteiger partial charge is 0.353 e. The Morgan fingerprint density at radius 2 is 2.06 bits per heavy atom.